The third kappa shape index (κ3) is 4.48. The Morgan fingerprint density at radius 2 is 1.78 bits per heavy atom. The van der Waals surface area contributed by atoms with Gasteiger partial charge in [-0.2, -0.15) is 5.10 Å². The van der Waals surface area contributed by atoms with E-state index in [2.05, 4.69) is 15.7 Å². The molecule has 0 saturated carbocycles. The summed E-state index contributed by atoms with van der Waals surface area (Å²) in [5.74, 6) is -0.882. The predicted molar refractivity (Wildman–Crippen MR) is 107 cm³/mol. The molecule has 6 nitrogen and oxygen atoms in total. The molecule has 27 heavy (non-hydrogen) atoms. The molecule has 3 aromatic rings. The van der Waals surface area contributed by atoms with Gasteiger partial charge >= 0.3 is 0 Å². The summed E-state index contributed by atoms with van der Waals surface area (Å²) in [5, 5.41) is 10.3. The summed E-state index contributed by atoms with van der Waals surface area (Å²) in [4.78, 5) is 25.2. The maximum absolute atomic E-state index is 12.6. The van der Waals surface area contributed by atoms with Crippen LogP contribution in [0, 0.1) is 0 Å². The molecule has 0 atom stereocenters. The molecule has 138 valence electrons. The van der Waals surface area contributed by atoms with Gasteiger partial charge in [-0.3, -0.25) is 14.3 Å². The first-order valence-electron chi connectivity index (χ1n) is 8.18. The summed E-state index contributed by atoms with van der Waals surface area (Å²) < 4.78 is 1.57. The minimum absolute atomic E-state index is 0.110. The van der Waals surface area contributed by atoms with Gasteiger partial charge in [0.2, 0.25) is 0 Å². The minimum Gasteiger partial charge on any atom is -0.321 e. The molecule has 0 unspecified atom stereocenters. The molecule has 8 heteroatoms. The number of nitrogens with one attached hydrogen (secondary N) is 2. The lowest BCUT2D eigenvalue weighted by atomic mass is 10.2. The van der Waals surface area contributed by atoms with Crippen LogP contribution in [0.2, 0.25) is 10.0 Å². The number of carbonyl (C=O) groups is 2. The van der Waals surface area contributed by atoms with E-state index in [0.29, 0.717) is 22.9 Å². The lowest BCUT2D eigenvalue weighted by molar-refractivity contribution is 0.102. The first kappa shape index (κ1) is 18.9. The Morgan fingerprint density at radius 3 is 2.44 bits per heavy atom. The number of aromatic nitrogens is 2. The van der Waals surface area contributed by atoms with Crippen LogP contribution in [0.5, 0.6) is 0 Å². The SMILES string of the molecule is CCn1cc(NC(=O)c2ccc(Cl)cc2Cl)c(C(=O)Nc2ccccc2)n1. The number of amides is 2. The van der Waals surface area contributed by atoms with Crippen LogP contribution < -0.4 is 10.6 Å². The number of para-hydroxylation sites is 1. The molecular formula is C19H16Cl2N4O2. The van der Waals surface area contributed by atoms with Gasteiger partial charge in [0, 0.05) is 23.5 Å². The summed E-state index contributed by atoms with van der Waals surface area (Å²) in [6, 6.07) is 13.6. The van der Waals surface area contributed by atoms with Crippen LogP contribution in [0.1, 0.15) is 27.8 Å². The van der Waals surface area contributed by atoms with E-state index >= 15 is 0 Å². The second kappa shape index (κ2) is 8.24. The first-order valence-corrected chi connectivity index (χ1v) is 8.93. The Morgan fingerprint density at radius 1 is 1.04 bits per heavy atom. The van der Waals surface area contributed by atoms with Gasteiger partial charge in [0.15, 0.2) is 5.69 Å². The van der Waals surface area contributed by atoms with E-state index < -0.39 is 11.8 Å². The van der Waals surface area contributed by atoms with Crippen molar-refractivity contribution in [3.63, 3.8) is 0 Å². The average Bonchev–Trinajstić information content (AvgIpc) is 3.05. The Hall–Kier alpha value is -2.83. The number of aryl methyl sites for hydroxylation is 1. The van der Waals surface area contributed by atoms with E-state index in [-0.39, 0.29) is 16.3 Å². The van der Waals surface area contributed by atoms with Crippen LogP contribution >= 0.6 is 23.2 Å². The van der Waals surface area contributed by atoms with E-state index in [1.807, 2.05) is 25.1 Å². The lowest BCUT2D eigenvalue weighted by Crippen LogP contribution is -2.18. The molecule has 0 saturated heterocycles. The summed E-state index contributed by atoms with van der Waals surface area (Å²) in [6.07, 6.45) is 1.60. The quantitative estimate of drug-likeness (QED) is 0.648. The fraction of sp³-hybridized carbons (Fsp3) is 0.105. The summed E-state index contributed by atoms with van der Waals surface area (Å²) >= 11 is 12.0. The largest absolute Gasteiger partial charge is 0.321 e. The molecule has 2 N–H and O–H groups in total. The molecule has 0 bridgehead atoms. The van der Waals surface area contributed by atoms with Crippen molar-refractivity contribution in [1.29, 1.82) is 0 Å². The zero-order valence-electron chi connectivity index (χ0n) is 14.4. The lowest BCUT2D eigenvalue weighted by Gasteiger charge is -2.08. The van der Waals surface area contributed by atoms with Crippen LogP contribution in [0.25, 0.3) is 0 Å². The molecule has 0 spiro atoms. The van der Waals surface area contributed by atoms with Gasteiger partial charge in [-0.25, -0.2) is 0 Å². The maximum Gasteiger partial charge on any atom is 0.278 e. The van der Waals surface area contributed by atoms with Crippen LogP contribution in [-0.2, 0) is 6.54 Å². The zero-order valence-corrected chi connectivity index (χ0v) is 15.9. The Labute approximate surface area is 166 Å². The molecule has 2 aromatic carbocycles. The highest BCUT2D eigenvalue weighted by Gasteiger charge is 2.20. The van der Waals surface area contributed by atoms with Crippen molar-refractivity contribution < 1.29 is 9.59 Å². The van der Waals surface area contributed by atoms with E-state index in [1.165, 1.54) is 12.1 Å². The molecule has 0 radical (unpaired) electrons. The number of anilines is 2. The van der Waals surface area contributed by atoms with Gasteiger partial charge < -0.3 is 10.6 Å². The van der Waals surface area contributed by atoms with Gasteiger partial charge in [0.1, 0.15) is 0 Å². The zero-order chi connectivity index (χ0) is 19.4. The average molecular weight is 403 g/mol. The number of halogens is 2. The van der Waals surface area contributed by atoms with Crippen molar-refractivity contribution in [2.45, 2.75) is 13.5 Å². The first-order chi connectivity index (χ1) is 13.0. The maximum atomic E-state index is 12.6. The van der Waals surface area contributed by atoms with E-state index in [1.54, 1.807) is 29.1 Å². The van der Waals surface area contributed by atoms with E-state index in [0.717, 1.165) is 0 Å². The molecule has 0 aliphatic heterocycles. The van der Waals surface area contributed by atoms with Crippen LogP contribution in [-0.4, -0.2) is 21.6 Å². The smallest absolute Gasteiger partial charge is 0.278 e. The number of nitrogens with zero attached hydrogens (tertiary/aromatic N) is 2. The minimum atomic E-state index is -0.457. The third-order valence-electron chi connectivity index (χ3n) is 3.76. The Kier molecular flexibility index (Phi) is 5.78. The molecule has 3 rings (SSSR count). The second-order valence-electron chi connectivity index (χ2n) is 5.65. The molecule has 0 aliphatic rings. The third-order valence-corrected chi connectivity index (χ3v) is 4.30. The predicted octanol–water partition coefficient (Wildman–Crippen LogP) is 4.71. The van der Waals surface area contributed by atoms with E-state index in [4.69, 9.17) is 23.2 Å². The van der Waals surface area contributed by atoms with Crippen LogP contribution in [0.15, 0.2) is 54.7 Å². The van der Waals surface area contributed by atoms with Gasteiger partial charge in [0.05, 0.1) is 16.3 Å². The number of hydrogen-bond acceptors (Lipinski definition) is 3. The van der Waals surface area contributed by atoms with E-state index in [9.17, 15) is 9.59 Å². The number of hydrogen-bond donors (Lipinski definition) is 2. The number of rotatable bonds is 5. The van der Waals surface area contributed by atoms with Crippen molar-refractivity contribution >= 4 is 46.4 Å². The summed E-state index contributed by atoms with van der Waals surface area (Å²) in [7, 11) is 0. The van der Waals surface area contributed by atoms with Crippen molar-refractivity contribution in [2.75, 3.05) is 10.6 Å². The molecular weight excluding hydrogens is 387 g/mol. The standard InChI is InChI=1S/C19H16Cl2N4O2/c1-2-25-11-16(23-18(26)14-9-8-12(20)10-15(14)21)17(24-25)19(27)22-13-6-4-3-5-7-13/h3-11H,2H2,1H3,(H,22,27)(H,23,26). The molecule has 2 amide bonds. The summed E-state index contributed by atoms with van der Waals surface area (Å²) in [5.41, 5.74) is 1.28. The van der Waals surface area contributed by atoms with Gasteiger partial charge in [-0.05, 0) is 37.3 Å². The van der Waals surface area contributed by atoms with Gasteiger partial charge in [0.25, 0.3) is 11.8 Å². The Balaban J connectivity index is 1.85. The molecule has 0 fully saturated rings. The Bertz CT molecular complexity index is 987. The number of carbonyl (C=O) groups excluding carboxylic acids is 2. The fourth-order valence-corrected chi connectivity index (χ4v) is 2.91. The second-order valence-corrected chi connectivity index (χ2v) is 6.49. The van der Waals surface area contributed by atoms with Crippen molar-refractivity contribution in [1.82, 2.24) is 9.78 Å². The topological polar surface area (TPSA) is 76.0 Å². The highest BCUT2D eigenvalue weighted by molar-refractivity contribution is 6.37. The number of benzene rings is 2. The van der Waals surface area contributed by atoms with Crippen molar-refractivity contribution in [3.05, 3.63) is 76.0 Å². The van der Waals surface area contributed by atoms with Crippen molar-refractivity contribution in [3.8, 4) is 0 Å². The normalized spacial score (nSPS) is 10.5. The van der Waals surface area contributed by atoms with Gasteiger partial charge in [-0.15, -0.1) is 0 Å². The summed E-state index contributed by atoms with van der Waals surface area (Å²) in [6.45, 7) is 2.43. The fourth-order valence-electron chi connectivity index (χ4n) is 2.42. The monoisotopic (exact) mass is 402 g/mol. The van der Waals surface area contributed by atoms with Crippen LogP contribution in [0.3, 0.4) is 0 Å². The van der Waals surface area contributed by atoms with Crippen molar-refractivity contribution in [2.24, 2.45) is 0 Å². The molecule has 1 aromatic heterocycles. The van der Waals surface area contributed by atoms with Gasteiger partial charge in [-0.1, -0.05) is 41.4 Å². The highest BCUT2D eigenvalue weighted by atomic mass is 35.5. The van der Waals surface area contributed by atoms with Crippen LogP contribution in [0.4, 0.5) is 11.4 Å². The highest BCUT2D eigenvalue weighted by Crippen LogP contribution is 2.23. The molecule has 1 heterocycles. The molecule has 0 aliphatic carbocycles.